The zero-order valence-electron chi connectivity index (χ0n) is 19.7. The van der Waals surface area contributed by atoms with E-state index in [4.69, 9.17) is 11.6 Å². The van der Waals surface area contributed by atoms with Crippen molar-refractivity contribution in [1.29, 1.82) is 0 Å². The van der Waals surface area contributed by atoms with Gasteiger partial charge in [0.25, 0.3) is 11.6 Å². The maximum Gasteiger partial charge on any atom is 0.416 e. The number of alkyl halides is 3. The number of thioether (sulfide) groups is 1. The molecule has 0 bridgehead atoms. The lowest BCUT2D eigenvalue weighted by atomic mass is 10.1. The Labute approximate surface area is 224 Å². The molecule has 13 heteroatoms. The van der Waals surface area contributed by atoms with Gasteiger partial charge in [-0.15, -0.1) is 10.2 Å². The van der Waals surface area contributed by atoms with Crippen molar-refractivity contribution in [2.24, 2.45) is 0 Å². The summed E-state index contributed by atoms with van der Waals surface area (Å²) in [5.74, 6) is 0.153. The van der Waals surface area contributed by atoms with Crippen molar-refractivity contribution in [1.82, 2.24) is 20.1 Å². The Hall–Kier alpha value is -3.90. The second-order valence-electron chi connectivity index (χ2n) is 8.09. The van der Waals surface area contributed by atoms with Gasteiger partial charge in [-0.1, -0.05) is 47.6 Å². The Morgan fingerprint density at radius 2 is 1.82 bits per heavy atom. The van der Waals surface area contributed by atoms with E-state index in [0.29, 0.717) is 33.0 Å². The van der Waals surface area contributed by atoms with Gasteiger partial charge < -0.3 is 5.32 Å². The van der Waals surface area contributed by atoms with Crippen LogP contribution in [0.25, 0.3) is 5.69 Å². The van der Waals surface area contributed by atoms with Gasteiger partial charge in [-0.3, -0.25) is 19.5 Å². The monoisotopic (exact) mass is 561 g/mol. The number of halogens is 4. The van der Waals surface area contributed by atoms with Crippen molar-refractivity contribution >= 4 is 35.0 Å². The van der Waals surface area contributed by atoms with Gasteiger partial charge in [0.1, 0.15) is 0 Å². The highest BCUT2D eigenvalue weighted by molar-refractivity contribution is 7.98. The smallest absolute Gasteiger partial charge is 0.345 e. The lowest BCUT2D eigenvalue weighted by Gasteiger charge is -2.12. The van der Waals surface area contributed by atoms with Crippen molar-refractivity contribution in [3.63, 3.8) is 0 Å². The summed E-state index contributed by atoms with van der Waals surface area (Å²) in [6.07, 6.45) is -4.42. The first kappa shape index (κ1) is 27.1. The molecule has 38 heavy (non-hydrogen) atoms. The van der Waals surface area contributed by atoms with E-state index in [1.54, 1.807) is 28.8 Å². The minimum absolute atomic E-state index is 0.0542. The maximum atomic E-state index is 12.9. The molecule has 0 aliphatic carbocycles. The number of carbonyl (C=O) groups excluding carboxylic acids is 1. The number of rotatable bonds is 8. The van der Waals surface area contributed by atoms with Gasteiger partial charge in [-0.25, -0.2) is 0 Å². The lowest BCUT2D eigenvalue weighted by Crippen LogP contribution is -2.25. The van der Waals surface area contributed by atoms with E-state index >= 15 is 0 Å². The lowest BCUT2D eigenvalue weighted by molar-refractivity contribution is -0.385. The zero-order valence-corrected chi connectivity index (χ0v) is 21.3. The highest BCUT2D eigenvalue weighted by Gasteiger charge is 2.30. The van der Waals surface area contributed by atoms with Crippen LogP contribution in [0.1, 0.15) is 32.9 Å². The standard InChI is InChI=1S/C25H19ClF3N5O3S/c1-15-20(6-3-7-21(15)34(36)37)23(35)30-13-22-31-32-24(33(22)19-5-2-4-18(26)12-19)38-14-16-8-10-17(11-9-16)25(27,28)29/h2-12H,13-14H2,1H3,(H,30,35). The summed E-state index contributed by atoms with van der Waals surface area (Å²) in [5.41, 5.74) is 0.768. The van der Waals surface area contributed by atoms with Crippen molar-refractivity contribution in [3.05, 3.63) is 110 Å². The third-order valence-electron chi connectivity index (χ3n) is 5.57. The molecule has 0 spiro atoms. The number of hydrogen-bond donors (Lipinski definition) is 1. The summed E-state index contributed by atoms with van der Waals surface area (Å²) in [7, 11) is 0. The Kier molecular flexibility index (Phi) is 8.02. The molecule has 1 amide bonds. The predicted molar refractivity (Wildman–Crippen MR) is 136 cm³/mol. The van der Waals surface area contributed by atoms with Gasteiger partial charge in [-0.05, 0) is 48.9 Å². The number of nitrogens with zero attached hydrogens (tertiary/aromatic N) is 4. The summed E-state index contributed by atoms with van der Waals surface area (Å²) in [5, 5.41) is 23.2. The third kappa shape index (κ3) is 6.14. The summed E-state index contributed by atoms with van der Waals surface area (Å²) < 4.78 is 40.3. The molecule has 0 saturated heterocycles. The van der Waals surface area contributed by atoms with Crippen LogP contribution >= 0.6 is 23.4 Å². The van der Waals surface area contributed by atoms with Crippen LogP contribution in [-0.4, -0.2) is 25.6 Å². The largest absolute Gasteiger partial charge is 0.416 e. The van der Waals surface area contributed by atoms with E-state index in [0.717, 1.165) is 12.1 Å². The van der Waals surface area contributed by atoms with Crippen LogP contribution in [0.3, 0.4) is 0 Å². The molecule has 196 valence electrons. The van der Waals surface area contributed by atoms with Gasteiger partial charge in [0.05, 0.1) is 22.7 Å². The Morgan fingerprint density at radius 1 is 1.11 bits per heavy atom. The summed E-state index contributed by atoms with van der Waals surface area (Å²) in [6.45, 7) is 1.44. The van der Waals surface area contributed by atoms with Gasteiger partial charge >= 0.3 is 6.18 Å². The highest BCUT2D eigenvalue weighted by Crippen LogP contribution is 2.31. The fourth-order valence-electron chi connectivity index (χ4n) is 3.64. The second kappa shape index (κ2) is 11.2. The molecule has 0 saturated carbocycles. The fourth-order valence-corrected chi connectivity index (χ4v) is 4.75. The first-order valence-electron chi connectivity index (χ1n) is 11.1. The molecule has 1 N–H and O–H groups in total. The van der Waals surface area contributed by atoms with Crippen molar-refractivity contribution in [2.75, 3.05) is 0 Å². The Morgan fingerprint density at radius 3 is 2.47 bits per heavy atom. The Bertz CT molecular complexity index is 1490. The number of aromatic nitrogens is 3. The van der Waals surface area contributed by atoms with Crippen LogP contribution < -0.4 is 5.32 Å². The topological polar surface area (TPSA) is 103 Å². The number of carbonyl (C=O) groups is 1. The zero-order chi connectivity index (χ0) is 27.4. The van der Waals surface area contributed by atoms with Crippen LogP contribution in [0.15, 0.2) is 71.9 Å². The first-order valence-corrected chi connectivity index (χ1v) is 12.4. The van der Waals surface area contributed by atoms with E-state index in [9.17, 15) is 28.1 Å². The Balaban J connectivity index is 1.57. The van der Waals surface area contributed by atoms with Crippen molar-refractivity contribution < 1.29 is 22.9 Å². The molecule has 0 fully saturated rings. The fraction of sp³-hybridized carbons (Fsp3) is 0.160. The predicted octanol–water partition coefficient (Wildman–Crippen LogP) is 6.38. The summed E-state index contributed by atoms with van der Waals surface area (Å²) in [6, 6.07) is 16.0. The number of nitro benzene ring substituents is 1. The van der Waals surface area contributed by atoms with Crippen molar-refractivity contribution in [2.45, 2.75) is 30.6 Å². The number of benzene rings is 3. The molecule has 0 atom stereocenters. The van der Waals surface area contributed by atoms with Gasteiger partial charge in [0, 0.05) is 28.0 Å². The van der Waals surface area contributed by atoms with E-state index in [1.807, 2.05) is 0 Å². The second-order valence-corrected chi connectivity index (χ2v) is 9.47. The van der Waals surface area contributed by atoms with E-state index in [1.165, 1.54) is 49.0 Å². The number of nitrogens with one attached hydrogen (secondary N) is 1. The third-order valence-corrected chi connectivity index (χ3v) is 6.80. The molecule has 0 aliphatic heterocycles. The van der Waals surface area contributed by atoms with Gasteiger partial charge in [0.15, 0.2) is 11.0 Å². The minimum atomic E-state index is -4.42. The highest BCUT2D eigenvalue weighted by atomic mass is 35.5. The molecule has 4 rings (SSSR count). The SMILES string of the molecule is Cc1c(C(=O)NCc2nnc(SCc3ccc(C(F)(F)F)cc3)n2-c2cccc(Cl)c2)cccc1[N+](=O)[O-]. The average Bonchev–Trinajstić information content (AvgIpc) is 3.28. The quantitative estimate of drug-likeness (QED) is 0.152. The van der Waals surface area contributed by atoms with Crippen molar-refractivity contribution in [3.8, 4) is 5.69 Å². The van der Waals surface area contributed by atoms with Crippen LogP contribution in [-0.2, 0) is 18.5 Å². The van der Waals surface area contributed by atoms with Gasteiger partial charge in [-0.2, -0.15) is 13.2 Å². The maximum absolute atomic E-state index is 12.9. The van der Waals surface area contributed by atoms with E-state index < -0.39 is 22.6 Å². The van der Waals surface area contributed by atoms with E-state index in [2.05, 4.69) is 15.5 Å². The summed E-state index contributed by atoms with van der Waals surface area (Å²) >= 11 is 7.43. The van der Waals surface area contributed by atoms with Gasteiger partial charge in [0.2, 0.25) is 0 Å². The molecule has 1 heterocycles. The molecule has 3 aromatic carbocycles. The first-order chi connectivity index (χ1) is 18.0. The molecular weight excluding hydrogens is 543 g/mol. The number of amides is 1. The minimum Gasteiger partial charge on any atom is -0.345 e. The molecule has 0 unspecified atom stereocenters. The van der Waals surface area contributed by atoms with Crippen LogP contribution in [0.4, 0.5) is 18.9 Å². The molecule has 0 aliphatic rings. The van der Waals surface area contributed by atoms with Crippen LogP contribution in [0.2, 0.25) is 5.02 Å². The normalized spacial score (nSPS) is 11.4. The molecule has 4 aromatic rings. The molecule has 8 nitrogen and oxygen atoms in total. The molecule has 1 aromatic heterocycles. The molecule has 0 radical (unpaired) electrons. The molecular formula is C25H19ClF3N5O3S. The van der Waals surface area contributed by atoms with Crippen LogP contribution in [0.5, 0.6) is 0 Å². The van der Waals surface area contributed by atoms with E-state index in [-0.39, 0.29) is 23.4 Å². The summed E-state index contributed by atoms with van der Waals surface area (Å²) in [4.78, 5) is 23.5. The average molecular weight is 562 g/mol. The van der Waals surface area contributed by atoms with Crippen LogP contribution in [0, 0.1) is 17.0 Å². The number of nitro groups is 1. The number of hydrogen-bond acceptors (Lipinski definition) is 6.